The summed E-state index contributed by atoms with van der Waals surface area (Å²) in [4.78, 5) is 16.1. The second-order valence-electron chi connectivity index (χ2n) is 9.42. The van der Waals surface area contributed by atoms with Crippen LogP contribution in [0.3, 0.4) is 0 Å². The molecule has 0 saturated heterocycles. The van der Waals surface area contributed by atoms with E-state index in [0.717, 1.165) is 43.0 Å². The molecule has 2 fully saturated rings. The Morgan fingerprint density at radius 3 is 2.74 bits per heavy atom. The van der Waals surface area contributed by atoms with Crippen molar-refractivity contribution in [1.82, 2.24) is 30.2 Å². The lowest BCUT2D eigenvalue weighted by Gasteiger charge is -2.27. The Morgan fingerprint density at radius 2 is 1.97 bits per heavy atom. The largest absolute Gasteiger partial charge is 0.489 e. The number of nitrogens with zero attached hydrogens (tertiary/aromatic N) is 6. The number of hydrogen-bond donors (Lipinski definition) is 1. The van der Waals surface area contributed by atoms with E-state index >= 15 is 0 Å². The Balaban J connectivity index is 1.32. The van der Waals surface area contributed by atoms with Gasteiger partial charge in [-0.3, -0.25) is 9.48 Å². The third kappa shape index (κ3) is 4.67. The van der Waals surface area contributed by atoms with Crippen LogP contribution in [0.25, 0.3) is 11.4 Å². The van der Waals surface area contributed by atoms with Gasteiger partial charge >= 0.3 is 5.97 Å². The zero-order valence-electron chi connectivity index (χ0n) is 19.6. The maximum absolute atomic E-state index is 11.4. The third-order valence-corrected chi connectivity index (χ3v) is 7.00. The van der Waals surface area contributed by atoms with Gasteiger partial charge < -0.3 is 14.3 Å². The van der Waals surface area contributed by atoms with Gasteiger partial charge in [0, 0.05) is 13.0 Å². The molecule has 2 aliphatic rings. The first kappa shape index (κ1) is 22.5. The van der Waals surface area contributed by atoms with E-state index in [1.807, 2.05) is 26.1 Å². The first-order valence-corrected chi connectivity index (χ1v) is 12.1. The summed E-state index contributed by atoms with van der Waals surface area (Å²) < 4.78 is 13.8. The predicted octanol–water partition coefficient (Wildman–Crippen LogP) is 3.84. The highest BCUT2D eigenvalue weighted by Crippen LogP contribution is 2.34. The van der Waals surface area contributed by atoms with E-state index in [1.165, 1.54) is 12.8 Å². The maximum Gasteiger partial charge on any atom is 0.306 e. The molecule has 0 spiro atoms. The SMILES string of the molecule is Cc1nc(-c2nnn(C)c2Cc2nnc(C3CCCC3)o2)ccc1O[C@H]1CCC[C@H](C(=O)O)C1. The van der Waals surface area contributed by atoms with Gasteiger partial charge in [0.25, 0.3) is 0 Å². The van der Waals surface area contributed by atoms with Crippen molar-refractivity contribution < 1.29 is 19.1 Å². The molecular weight excluding hydrogens is 436 g/mol. The fraction of sp³-hybridized carbons (Fsp3) is 0.583. The van der Waals surface area contributed by atoms with Crippen LogP contribution in [-0.2, 0) is 18.3 Å². The molecule has 10 nitrogen and oxygen atoms in total. The van der Waals surface area contributed by atoms with Crippen molar-refractivity contribution in [2.75, 3.05) is 0 Å². The van der Waals surface area contributed by atoms with Crippen LogP contribution in [0.2, 0.25) is 0 Å². The molecule has 10 heteroatoms. The molecule has 0 unspecified atom stereocenters. The topological polar surface area (TPSA) is 129 Å². The number of pyridine rings is 1. The first-order valence-electron chi connectivity index (χ1n) is 12.1. The molecule has 34 heavy (non-hydrogen) atoms. The molecule has 0 radical (unpaired) electrons. The summed E-state index contributed by atoms with van der Waals surface area (Å²) in [5, 5.41) is 26.4. The minimum absolute atomic E-state index is 0.111. The van der Waals surface area contributed by atoms with Crippen LogP contribution in [0.1, 0.15) is 80.5 Å². The van der Waals surface area contributed by atoms with E-state index in [1.54, 1.807) is 4.68 Å². The number of aliphatic carboxylic acids is 1. The van der Waals surface area contributed by atoms with Crippen molar-refractivity contribution in [3.63, 3.8) is 0 Å². The van der Waals surface area contributed by atoms with Crippen molar-refractivity contribution in [3.8, 4) is 17.1 Å². The molecule has 0 amide bonds. The lowest BCUT2D eigenvalue weighted by molar-refractivity contribution is -0.143. The van der Waals surface area contributed by atoms with Gasteiger partial charge in [-0.15, -0.1) is 15.3 Å². The number of aryl methyl sites for hydroxylation is 2. The molecule has 2 atom stereocenters. The van der Waals surface area contributed by atoms with Crippen LogP contribution in [-0.4, -0.2) is 47.4 Å². The first-order chi connectivity index (χ1) is 16.5. The molecule has 5 rings (SSSR count). The number of ether oxygens (including phenoxy) is 1. The Kier molecular flexibility index (Phi) is 6.30. The van der Waals surface area contributed by atoms with E-state index in [4.69, 9.17) is 14.1 Å². The highest BCUT2D eigenvalue weighted by atomic mass is 16.5. The molecule has 180 valence electrons. The van der Waals surface area contributed by atoms with Gasteiger partial charge in [-0.2, -0.15) is 0 Å². The molecule has 1 N–H and O–H groups in total. The number of carboxylic acids is 1. The van der Waals surface area contributed by atoms with Gasteiger partial charge in [0.2, 0.25) is 11.8 Å². The lowest BCUT2D eigenvalue weighted by Crippen LogP contribution is -2.29. The summed E-state index contributed by atoms with van der Waals surface area (Å²) >= 11 is 0. The van der Waals surface area contributed by atoms with Crippen molar-refractivity contribution in [3.05, 3.63) is 35.3 Å². The van der Waals surface area contributed by atoms with E-state index in [-0.39, 0.29) is 12.0 Å². The van der Waals surface area contributed by atoms with Crippen LogP contribution in [0.5, 0.6) is 5.75 Å². The summed E-state index contributed by atoms with van der Waals surface area (Å²) in [6.07, 6.45) is 7.90. The molecule has 3 aromatic heterocycles. The van der Waals surface area contributed by atoms with E-state index < -0.39 is 5.97 Å². The fourth-order valence-electron chi connectivity index (χ4n) is 5.05. The maximum atomic E-state index is 11.4. The molecule has 0 aromatic carbocycles. The Bertz CT molecular complexity index is 1170. The summed E-state index contributed by atoms with van der Waals surface area (Å²) in [5.74, 6) is 1.24. The fourth-order valence-corrected chi connectivity index (χ4v) is 5.05. The normalized spacial score (nSPS) is 21.1. The molecule has 2 saturated carbocycles. The summed E-state index contributed by atoms with van der Waals surface area (Å²) in [7, 11) is 1.84. The summed E-state index contributed by atoms with van der Waals surface area (Å²) in [5.41, 5.74) is 2.93. The van der Waals surface area contributed by atoms with Crippen molar-refractivity contribution in [1.29, 1.82) is 0 Å². The lowest BCUT2D eigenvalue weighted by atomic mass is 9.87. The van der Waals surface area contributed by atoms with Gasteiger partial charge in [0.1, 0.15) is 11.4 Å². The standard InChI is InChI=1S/C24H30N6O4/c1-14-20(33-17-9-5-8-16(12-17)24(31)32)11-10-18(25-14)22-19(30(2)29-27-22)13-21-26-28-23(34-21)15-6-3-4-7-15/h10-11,15-17H,3-9,12-13H2,1-2H3,(H,31,32)/t16-,17-/m0/s1. The summed E-state index contributed by atoms with van der Waals surface area (Å²) in [6.45, 7) is 1.89. The summed E-state index contributed by atoms with van der Waals surface area (Å²) in [6, 6.07) is 3.75. The van der Waals surface area contributed by atoms with Gasteiger partial charge in [-0.1, -0.05) is 18.1 Å². The highest BCUT2D eigenvalue weighted by molar-refractivity contribution is 5.70. The average Bonchev–Trinajstić information content (AvgIpc) is 3.58. The number of carboxylic acid groups (broad SMARTS) is 1. The second kappa shape index (κ2) is 9.52. The Hall–Kier alpha value is -3.30. The van der Waals surface area contributed by atoms with Crippen LogP contribution in [0.4, 0.5) is 0 Å². The molecule has 3 heterocycles. The molecular formula is C24H30N6O4. The predicted molar refractivity (Wildman–Crippen MR) is 121 cm³/mol. The van der Waals surface area contributed by atoms with Crippen LogP contribution in [0.15, 0.2) is 16.5 Å². The van der Waals surface area contributed by atoms with Gasteiger partial charge in [-0.05, 0) is 57.6 Å². The molecule has 0 bridgehead atoms. The number of rotatable bonds is 7. The number of hydrogen-bond acceptors (Lipinski definition) is 8. The molecule has 3 aromatic rings. The number of carbonyl (C=O) groups is 1. The van der Waals surface area contributed by atoms with Gasteiger partial charge in [0.05, 0.1) is 35.5 Å². The van der Waals surface area contributed by atoms with Crippen molar-refractivity contribution in [2.45, 2.75) is 76.7 Å². The van der Waals surface area contributed by atoms with E-state index in [2.05, 4.69) is 20.5 Å². The van der Waals surface area contributed by atoms with Crippen LogP contribution >= 0.6 is 0 Å². The molecule has 2 aliphatic carbocycles. The van der Waals surface area contributed by atoms with Gasteiger partial charge in [0.15, 0.2) is 0 Å². The van der Waals surface area contributed by atoms with Crippen LogP contribution < -0.4 is 4.74 Å². The van der Waals surface area contributed by atoms with E-state index in [0.29, 0.717) is 48.2 Å². The second-order valence-corrected chi connectivity index (χ2v) is 9.42. The zero-order valence-corrected chi connectivity index (χ0v) is 19.6. The minimum Gasteiger partial charge on any atom is -0.489 e. The van der Waals surface area contributed by atoms with E-state index in [9.17, 15) is 9.90 Å². The highest BCUT2D eigenvalue weighted by Gasteiger charge is 2.29. The monoisotopic (exact) mass is 466 g/mol. The quantitative estimate of drug-likeness (QED) is 0.552. The molecule has 0 aliphatic heterocycles. The smallest absolute Gasteiger partial charge is 0.306 e. The average molecular weight is 467 g/mol. The van der Waals surface area contributed by atoms with Crippen molar-refractivity contribution in [2.24, 2.45) is 13.0 Å². The Labute approximate surface area is 197 Å². The van der Waals surface area contributed by atoms with Crippen molar-refractivity contribution >= 4 is 5.97 Å². The minimum atomic E-state index is -0.745. The van der Waals surface area contributed by atoms with Gasteiger partial charge in [-0.25, -0.2) is 4.98 Å². The number of aromatic nitrogens is 6. The van der Waals surface area contributed by atoms with Crippen LogP contribution in [0, 0.1) is 12.8 Å². The zero-order chi connectivity index (χ0) is 23.7. The Morgan fingerprint density at radius 1 is 1.15 bits per heavy atom. The third-order valence-electron chi connectivity index (χ3n) is 7.00.